The van der Waals surface area contributed by atoms with E-state index in [2.05, 4.69) is 15.6 Å². The van der Waals surface area contributed by atoms with Crippen LogP contribution in [0.2, 0.25) is 0 Å². The Hall–Kier alpha value is -4.76. The lowest BCUT2D eigenvalue weighted by Gasteiger charge is -2.29. The Bertz CT molecular complexity index is 1610. The van der Waals surface area contributed by atoms with E-state index in [1.54, 1.807) is 29.4 Å². The topological polar surface area (TPSA) is 138 Å². The molecule has 1 aliphatic heterocycles. The van der Waals surface area contributed by atoms with Gasteiger partial charge in [-0.3, -0.25) is 19.4 Å². The number of phenolic OH excluding ortho intramolecular Hbond substituents is 1. The molecule has 3 aromatic carbocycles. The molecule has 0 spiro atoms. The van der Waals surface area contributed by atoms with Crippen molar-refractivity contribution in [1.29, 1.82) is 0 Å². The quantitative estimate of drug-likeness (QED) is 0.238. The second-order valence-electron chi connectivity index (χ2n) is 11.2. The van der Waals surface area contributed by atoms with Gasteiger partial charge in [0, 0.05) is 41.8 Å². The number of phenols is 1. The van der Waals surface area contributed by atoms with Crippen LogP contribution in [0.3, 0.4) is 0 Å². The number of pyridine rings is 1. The summed E-state index contributed by atoms with van der Waals surface area (Å²) in [6.07, 6.45) is 5.12. The molecule has 2 heterocycles. The summed E-state index contributed by atoms with van der Waals surface area (Å²) < 4.78 is 0. The molecular formula is C34H37N5O4. The second kappa shape index (κ2) is 13.0. The van der Waals surface area contributed by atoms with Crippen LogP contribution in [0.4, 0.5) is 5.69 Å². The van der Waals surface area contributed by atoms with Crippen molar-refractivity contribution in [2.45, 2.75) is 57.7 Å². The largest absolute Gasteiger partial charge is 0.508 e. The zero-order valence-corrected chi connectivity index (χ0v) is 24.4. The highest BCUT2D eigenvalue weighted by Gasteiger charge is 2.38. The number of hydrogen-bond acceptors (Lipinski definition) is 6. The van der Waals surface area contributed by atoms with E-state index >= 15 is 0 Å². The van der Waals surface area contributed by atoms with Crippen molar-refractivity contribution in [2.75, 3.05) is 11.9 Å². The summed E-state index contributed by atoms with van der Waals surface area (Å²) in [6, 6.07) is 17.8. The molecule has 4 aromatic rings. The Labute approximate surface area is 251 Å². The monoisotopic (exact) mass is 579 g/mol. The third kappa shape index (κ3) is 6.84. The molecule has 43 heavy (non-hydrogen) atoms. The Morgan fingerprint density at radius 2 is 1.77 bits per heavy atom. The van der Waals surface area contributed by atoms with Crippen molar-refractivity contribution >= 4 is 34.2 Å². The highest BCUT2D eigenvalue weighted by Crippen LogP contribution is 2.25. The first kappa shape index (κ1) is 29.7. The van der Waals surface area contributed by atoms with Crippen LogP contribution >= 0.6 is 0 Å². The first-order valence-corrected chi connectivity index (χ1v) is 14.5. The van der Waals surface area contributed by atoms with Crippen LogP contribution in [0.5, 0.6) is 5.75 Å². The zero-order valence-electron chi connectivity index (χ0n) is 24.4. The highest BCUT2D eigenvalue weighted by atomic mass is 16.3. The molecule has 1 saturated heterocycles. The number of likely N-dealkylation sites (tertiary alicyclic amines) is 1. The van der Waals surface area contributed by atoms with Crippen LogP contribution in [0.15, 0.2) is 79.1 Å². The number of nitrogens with one attached hydrogen (secondary N) is 2. The van der Waals surface area contributed by atoms with Crippen molar-refractivity contribution in [2.24, 2.45) is 5.73 Å². The van der Waals surface area contributed by atoms with Crippen LogP contribution in [-0.2, 0) is 27.2 Å². The normalized spacial score (nSPS) is 16.1. The summed E-state index contributed by atoms with van der Waals surface area (Å²) in [7, 11) is 0. The minimum Gasteiger partial charge on any atom is -0.508 e. The number of nitrogens with two attached hydrogens (primary N) is 1. The summed E-state index contributed by atoms with van der Waals surface area (Å²) in [4.78, 5) is 46.6. The molecule has 0 saturated carbocycles. The molecule has 3 atom stereocenters. The number of amides is 3. The van der Waals surface area contributed by atoms with Gasteiger partial charge in [0.1, 0.15) is 17.8 Å². The molecule has 0 bridgehead atoms. The van der Waals surface area contributed by atoms with Crippen LogP contribution < -0.4 is 16.4 Å². The fourth-order valence-electron chi connectivity index (χ4n) is 5.89. The van der Waals surface area contributed by atoms with Crippen LogP contribution in [-0.4, -0.2) is 57.4 Å². The van der Waals surface area contributed by atoms with Gasteiger partial charge >= 0.3 is 0 Å². The Balaban J connectivity index is 1.32. The van der Waals surface area contributed by atoms with E-state index in [4.69, 9.17) is 5.73 Å². The molecule has 3 amide bonds. The minimum absolute atomic E-state index is 0.168. The molecule has 222 valence electrons. The van der Waals surface area contributed by atoms with E-state index in [1.807, 2.05) is 68.4 Å². The number of aryl methyl sites for hydroxylation is 2. The van der Waals surface area contributed by atoms with Gasteiger partial charge in [0.15, 0.2) is 0 Å². The predicted molar refractivity (Wildman–Crippen MR) is 166 cm³/mol. The lowest BCUT2D eigenvalue weighted by molar-refractivity contribution is -0.140. The van der Waals surface area contributed by atoms with Gasteiger partial charge in [0.05, 0.1) is 6.04 Å². The van der Waals surface area contributed by atoms with Crippen molar-refractivity contribution in [1.82, 2.24) is 15.2 Å². The fourth-order valence-corrected chi connectivity index (χ4v) is 5.89. The van der Waals surface area contributed by atoms with E-state index in [0.29, 0.717) is 31.5 Å². The third-order valence-electron chi connectivity index (χ3n) is 8.11. The molecule has 1 fully saturated rings. The number of hydrogen-bond donors (Lipinski definition) is 4. The Kier molecular flexibility index (Phi) is 9.01. The standard InChI is InChI=1S/C34H37N5O4/c1-21-16-25(40)17-22(2)27(21)19-28(35)34(43)39-15-7-12-31(39)33(42)38-30(18-23-8-4-3-5-9-23)32(41)37-29-11-6-10-24-20-36-14-13-26(24)29/h3-6,8-11,13-14,16-17,20,28,30-31,40H,7,12,15,18-19,35H2,1-2H3,(H,37,41)(H,38,42)/t28-,30-,31-/m0/s1. The van der Waals surface area contributed by atoms with Gasteiger partial charge in [-0.05, 0) is 79.6 Å². The van der Waals surface area contributed by atoms with Crippen molar-refractivity contribution in [3.8, 4) is 5.75 Å². The number of fused-ring (bicyclic) bond motifs is 1. The number of benzene rings is 3. The molecule has 0 radical (unpaired) electrons. The third-order valence-corrected chi connectivity index (χ3v) is 8.11. The van der Waals surface area contributed by atoms with Crippen LogP contribution in [0.25, 0.3) is 10.8 Å². The number of aromatic nitrogens is 1. The molecule has 0 unspecified atom stereocenters. The summed E-state index contributed by atoms with van der Waals surface area (Å²) >= 11 is 0. The van der Waals surface area contributed by atoms with E-state index in [0.717, 1.165) is 33.0 Å². The van der Waals surface area contributed by atoms with Crippen LogP contribution in [0.1, 0.15) is 35.1 Å². The second-order valence-corrected chi connectivity index (χ2v) is 11.2. The summed E-state index contributed by atoms with van der Waals surface area (Å²) in [6.45, 7) is 4.16. The SMILES string of the molecule is Cc1cc(O)cc(C)c1C[C@H](N)C(=O)N1CCC[C@H]1C(=O)N[C@@H](Cc1ccccc1)C(=O)Nc1cccc2cnccc12. The molecule has 5 rings (SSSR count). The summed E-state index contributed by atoms with van der Waals surface area (Å²) in [5.41, 5.74) is 10.5. The summed E-state index contributed by atoms with van der Waals surface area (Å²) in [5.74, 6) is -0.875. The molecule has 5 N–H and O–H groups in total. The molecule has 1 aromatic heterocycles. The van der Waals surface area contributed by atoms with Gasteiger partial charge in [0.25, 0.3) is 0 Å². The maximum Gasteiger partial charge on any atom is 0.247 e. The molecule has 9 heteroatoms. The van der Waals surface area contributed by atoms with Gasteiger partial charge in [-0.2, -0.15) is 0 Å². The number of nitrogens with zero attached hydrogens (tertiary/aromatic N) is 2. The lowest BCUT2D eigenvalue weighted by atomic mass is 9.95. The maximum absolute atomic E-state index is 13.7. The van der Waals surface area contributed by atoms with Crippen molar-refractivity contribution in [3.05, 3.63) is 101 Å². The fraction of sp³-hybridized carbons (Fsp3) is 0.294. The zero-order chi connectivity index (χ0) is 30.5. The predicted octanol–water partition coefficient (Wildman–Crippen LogP) is 3.78. The van der Waals surface area contributed by atoms with Gasteiger partial charge in [-0.25, -0.2) is 0 Å². The molecular weight excluding hydrogens is 542 g/mol. The maximum atomic E-state index is 13.7. The van der Waals surface area contributed by atoms with E-state index < -0.39 is 18.1 Å². The number of carbonyl (C=O) groups excluding carboxylic acids is 3. The van der Waals surface area contributed by atoms with Gasteiger partial charge in [0.2, 0.25) is 17.7 Å². The van der Waals surface area contributed by atoms with Gasteiger partial charge in [-0.1, -0.05) is 42.5 Å². The number of rotatable bonds is 9. The van der Waals surface area contributed by atoms with E-state index in [9.17, 15) is 19.5 Å². The smallest absolute Gasteiger partial charge is 0.247 e. The molecule has 1 aliphatic rings. The molecule has 0 aliphatic carbocycles. The average Bonchev–Trinajstić information content (AvgIpc) is 3.49. The van der Waals surface area contributed by atoms with E-state index in [-0.39, 0.29) is 29.9 Å². The number of carbonyl (C=O) groups is 3. The molecule has 9 nitrogen and oxygen atoms in total. The summed E-state index contributed by atoms with van der Waals surface area (Å²) in [5, 5.41) is 17.6. The Morgan fingerprint density at radius 3 is 2.51 bits per heavy atom. The number of anilines is 1. The Morgan fingerprint density at radius 1 is 1.02 bits per heavy atom. The van der Waals surface area contributed by atoms with Crippen molar-refractivity contribution < 1.29 is 19.5 Å². The first-order chi connectivity index (χ1) is 20.7. The van der Waals surface area contributed by atoms with E-state index in [1.165, 1.54) is 0 Å². The first-order valence-electron chi connectivity index (χ1n) is 14.5. The highest BCUT2D eigenvalue weighted by molar-refractivity contribution is 6.05. The lowest BCUT2D eigenvalue weighted by Crippen LogP contribution is -2.55. The van der Waals surface area contributed by atoms with Gasteiger partial charge in [-0.15, -0.1) is 0 Å². The van der Waals surface area contributed by atoms with Gasteiger partial charge < -0.3 is 26.4 Å². The van der Waals surface area contributed by atoms with Crippen LogP contribution in [0, 0.1) is 13.8 Å². The number of aromatic hydroxyl groups is 1. The average molecular weight is 580 g/mol. The minimum atomic E-state index is -0.875. The van der Waals surface area contributed by atoms with Crippen molar-refractivity contribution in [3.63, 3.8) is 0 Å².